The van der Waals surface area contributed by atoms with Gasteiger partial charge in [-0.15, -0.1) is 23.2 Å². The molecule has 0 heterocycles. The van der Waals surface area contributed by atoms with E-state index in [-0.39, 0.29) is 36.1 Å². The Kier molecular flexibility index (Phi) is 9.42. The Bertz CT molecular complexity index is 294. The maximum Gasteiger partial charge on any atom is 0.334 e. The number of esters is 2. The molecule has 18 heavy (non-hydrogen) atoms. The summed E-state index contributed by atoms with van der Waals surface area (Å²) < 4.78 is 9.74. The van der Waals surface area contributed by atoms with E-state index in [4.69, 9.17) is 32.7 Å². The molecule has 4 nitrogen and oxygen atoms in total. The second-order valence-electron chi connectivity index (χ2n) is 3.45. The molecule has 0 aromatic heterocycles. The molecule has 0 bridgehead atoms. The summed E-state index contributed by atoms with van der Waals surface area (Å²) in [7, 11) is 0. The van der Waals surface area contributed by atoms with Crippen molar-refractivity contribution in [3.63, 3.8) is 0 Å². The second kappa shape index (κ2) is 9.97. The fraction of sp³-hybridized carbons (Fsp3) is 0.500. The van der Waals surface area contributed by atoms with Crippen LogP contribution in [0.15, 0.2) is 24.3 Å². The zero-order chi connectivity index (χ0) is 14.0. The van der Waals surface area contributed by atoms with Crippen molar-refractivity contribution in [2.24, 2.45) is 0 Å². The Morgan fingerprint density at radius 2 is 1.17 bits per heavy atom. The smallest absolute Gasteiger partial charge is 0.334 e. The van der Waals surface area contributed by atoms with Crippen LogP contribution in [0.2, 0.25) is 0 Å². The Balaban J connectivity index is 3.52. The molecule has 0 aliphatic carbocycles. The van der Waals surface area contributed by atoms with E-state index < -0.39 is 11.9 Å². The molecule has 0 aromatic carbocycles. The van der Waals surface area contributed by atoms with Crippen LogP contribution in [0, 0.1) is 0 Å². The maximum atomic E-state index is 11.1. The number of halogens is 2. The lowest BCUT2D eigenvalue weighted by Crippen LogP contribution is -2.11. The zero-order valence-electron chi connectivity index (χ0n) is 10.0. The van der Waals surface area contributed by atoms with E-state index in [1.807, 2.05) is 0 Å². The van der Waals surface area contributed by atoms with Crippen LogP contribution >= 0.6 is 23.2 Å². The quantitative estimate of drug-likeness (QED) is 0.284. The van der Waals surface area contributed by atoms with Crippen LogP contribution < -0.4 is 0 Å². The molecule has 0 N–H and O–H groups in total. The Labute approximate surface area is 117 Å². The molecule has 6 heteroatoms. The first-order valence-electron chi connectivity index (χ1n) is 5.34. The third kappa shape index (κ3) is 7.35. The zero-order valence-corrected chi connectivity index (χ0v) is 11.6. The lowest BCUT2D eigenvalue weighted by molar-refractivity contribution is -0.141. The summed E-state index contributed by atoms with van der Waals surface area (Å²) in [6.45, 7) is 7.36. The van der Waals surface area contributed by atoms with Crippen LogP contribution in [0.3, 0.4) is 0 Å². The standard InChI is InChI=1S/C12H16Cl2O4/c1-9(7-13)11(15)17-5-3-4-6-18-12(16)10(2)8-14/h1-8H2. The van der Waals surface area contributed by atoms with Crippen LogP contribution in [0.25, 0.3) is 0 Å². The van der Waals surface area contributed by atoms with Gasteiger partial charge in [-0.05, 0) is 12.8 Å². The fourth-order valence-corrected chi connectivity index (χ4v) is 1.07. The van der Waals surface area contributed by atoms with E-state index >= 15 is 0 Å². The fourth-order valence-electron chi connectivity index (χ4n) is 0.847. The van der Waals surface area contributed by atoms with Crippen LogP contribution in [-0.4, -0.2) is 36.9 Å². The van der Waals surface area contributed by atoms with Gasteiger partial charge in [0.2, 0.25) is 0 Å². The number of carbonyl (C=O) groups excluding carboxylic acids is 2. The van der Waals surface area contributed by atoms with Gasteiger partial charge in [-0.1, -0.05) is 13.2 Å². The number of hydrogen-bond acceptors (Lipinski definition) is 4. The predicted molar refractivity (Wildman–Crippen MR) is 70.9 cm³/mol. The first kappa shape index (κ1) is 17.0. The summed E-state index contributed by atoms with van der Waals surface area (Å²) in [6.07, 6.45) is 1.17. The minimum atomic E-state index is -0.502. The molecule has 0 rings (SSSR count). The lowest BCUT2D eigenvalue weighted by atomic mass is 10.3. The molecule has 0 radical (unpaired) electrons. The van der Waals surface area contributed by atoms with Crippen LogP contribution in [0.4, 0.5) is 0 Å². The van der Waals surface area contributed by atoms with Crippen LogP contribution in [0.1, 0.15) is 12.8 Å². The molecule has 0 saturated carbocycles. The van der Waals surface area contributed by atoms with Gasteiger partial charge >= 0.3 is 11.9 Å². The number of ether oxygens (including phenoxy) is 2. The lowest BCUT2D eigenvalue weighted by Gasteiger charge is -2.06. The van der Waals surface area contributed by atoms with Crippen LogP contribution in [0.5, 0.6) is 0 Å². The van der Waals surface area contributed by atoms with E-state index in [1.54, 1.807) is 0 Å². The van der Waals surface area contributed by atoms with Crippen molar-refractivity contribution in [1.29, 1.82) is 0 Å². The first-order valence-corrected chi connectivity index (χ1v) is 6.41. The van der Waals surface area contributed by atoms with E-state index in [9.17, 15) is 9.59 Å². The van der Waals surface area contributed by atoms with Crippen molar-refractivity contribution in [3.05, 3.63) is 24.3 Å². The second-order valence-corrected chi connectivity index (χ2v) is 3.99. The molecule has 0 unspecified atom stereocenters. The third-order valence-electron chi connectivity index (χ3n) is 1.90. The summed E-state index contributed by atoms with van der Waals surface area (Å²) in [6, 6.07) is 0. The summed E-state index contributed by atoms with van der Waals surface area (Å²) in [5.74, 6) is -0.899. The predicted octanol–water partition coefficient (Wildman–Crippen LogP) is 2.44. The van der Waals surface area contributed by atoms with Crippen molar-refractivity contribution in [3.8, 4) is 0 Å². The van der Waals surface area contributed by atoms with Gasteiger partial charge in [0.05, 0.1) is 25.0 Å². The molecule has 102 valence electrons. The molecule has 0 fully saturated rings. The van der Waals surface area contributed by atoms with E-state index in [0.717, 1.165) is 0 Å². The van der Waals surface area contributed by atoms with Gasteiger partial charge in [0.15, 0.2) is 0 Å². The average Bonchev–Trinajstić information content (AvgIpc) is 2.39. The van der Waals surface area contributed by atoms with Crippen molar-refractivity contribution in [2.45, 2.75) is 12.8 Å². The Morgan fingerprint density at radius 1 is 0.833 bits per heavy atom. The largest absolute Gasteiger partial charge is 0.462 e. The molecule has 0 aliphatic heterocycles. The highest BCUT2D eigenvalue weighted by atomic mass is 35.5. The number of rotatable bonds is 9. The molecular formula is C12H16Cl2O4. The molecule has 0 spiro atoms. The summed E-state index contributed by atoms with van der Waals surface area (Å²) in [4.78, 5) is 22.3. The van der Waals surface area contributed by atoms with Crippen molar-refractivity contribution in [1.82, 2.24) is 0 Å². The average molecular weight is 295 g/mol. The van der Waals surface area contributed by atoms with Gasteiger partial charge in [-0.25, -0.2) is 9.59 Å². The Hall–Kier alpha value is -1.00. The van der Waals surface area contributed by atoms with Crippen molar-refractivity contribution >= 4 is 35.1 Å². The minimum Gasteiger partial charge on any atom is -0.462 e. The third-order valence-corrected chi connectivity index (χ3v) is 2.55. The summed E-state index contributed by atoms with van der Waals surface area (Å²) in [5, 5.41) is 0. The molecule has 0 saturated heterocycles. The van der Waals surface area contributed by atoms with Gasteiger partial charge in [-0.2, -0.15) is 0 Å². The number of carbonyl (C=O) groups is 2. The number of alkyl halides is 2. The van der Waals surface area contributed by atoms with Gasteiger partial charge in [0, 0.05) is 11.1 Å². The van der Waals surface area contributed by atoms with Gasteiger partial charge in [0.1, 0.15) is 0 Å². The number of unbranched alkanes of at least 4 members (excludes halogenated alkanes) is 1. The van der Waals surface area contributed by atoms with Gasteiger partial charge < -0.3 is 9.47 Å². The van der Waals surface area contributed by atoms with E-state index in [0.29, 0.717) is 12.8 Å². The van der Waals surface area contributed by atoms with Crippen LogP contribution in [-0.2, 0) is 19.1 Å². The summed E-state index contributed by atoms with van der Waals surface area (Å²) >= 11 is 10.8. The highest BCUT2D eigenvalue weighted by Crippen LogP contribution is 2.01. The van der Waals surface area contributed by atoms with Gasteiger partial charge in [0.25, 0.3) is 0 Å². The van der Waals surface area contributed by atoms with Crippen molar-refractivity contribution in [2.75, 3.05) is 25.0 Å². The minimum absolute atomic E-state index is 0.0526. The highest BCUT2D eigenvalue weighted by Gasteiger charge is 2.08. The molecule has 0 amide bonds. The van der Waals surface area contributed by atoms with E-state index in [2.05, 4.69) is 13.2 Å². The Morgan fingerprint density at radius 3 is 1.44 bits per heavy atom. The first-order chi connectivity index (χ1) is 8.52. The van der Waals surface area contributed by atoms with Gasteiger partial charge in [-0.3, -0.25) is 0 Å². The SMILES string of the molecule is C=C(CCl)C(=O)OCCCCOC(=O)C(=C)CCl. The normalized spacial score (nSPS) is 9.67. The molecule has 0 aromatic rings. The maximum absolute atomic E-state index is 11.1. The monoisotopic (exact) mass is 294 g/mol. The van der Waals surface area contributed by atoms with Crippen molar-refractivity contribution < 1.29 is 19.1 Å². The molecule has 0 aliphatic rings. The van der Waals surface area contributed by atoms with E-state index in [1.165, 1.54) is 0 Å². The molecular weight excluding hydrogens is 279 g/mol. The number of hydrogen-bond donors (Lipinski definition) is 0. The molecule has 0 atom stereocenters. The summed E-state index contributed by atoms with van der Waals surface area (Å²) in [5.41, 5.74) is 0.447. The topological polar surface area (TPSA) is 52.6 Å². The highest BCUT2D eigenvalue weighted by molar-refractivity contribution is 6.22.